The predicted octanol–water partition coefficient (Wildman–Crippen LogP) is 0.887. The molecule has 1 aromatic carbocycles. The second-order valence-electron chi connectivity index (χ2n) is 10.2. The Morgan fingerprint density at radius 3 is 2.17 bits per heavy atom. The Hall–Kier alpha value is -4.20. The van der Waals surface area contributed by atoms with Gasteiger partial charge in [-0.1, -0.05) is 0 Å². The monoisotopic (exact) mass is 559 g/mol. The number of amides is 3. The molecule has 40 heavy (non-hydrogen) atoms. The lowest BCUT2D eigenvalue weighted by molar-refractivity contribution is -0.384. The molecule has 0 radical (unpaired) electrons. The largest absolute Gasteiger partial charge is 0.417 e. The van der Waals surface area contributed by atoms with Gasteiger partial charge in [-0.2, -0.15) is 0 Å². The molecule has 3 N–H and O–H groups in total. The van der Waals surface area contributed by atoms with Crippen LogP contribution in [0.2, 0.25) is 0 Å². The number of nitro benzene ring substituents is 1. The molecule has 2 aliphatic rings. The number of hydrogen-bond donors (Lipinski definition) is 2. The number of Topliss-reactive ketones (excluding diaryl/α,β-unsaturated/α-hetero) is 3. The molecule has 1 saturated heterocycles. The van der Waals surface area contributed by atoms with Crippen molar-refractivity contribution in [2.45, 2.75) is 83.1 Å². The molecule has 2 fully saturated rings. The number of nitrogens with two attached hydrogens (primary N) is 1. The fraction of sp³-hybridized carbons (Fsp3) is 0.538. The molecular formula is C26H33N5O9. The van der Waals surface area contributed by atoms with Gasteiger partial charge in [0.15, 0.2) is 17.3 Å². The quantitative estimate of drug-likeness (QED) is 0.249. The van der Waals surface area contributed by atoms with Crippen LogP contribution >= 0.6 is 0 Å². The van der Waals surface area contributed by atoms with Crippen molar-refractivity contribution >= 4 is 40.9 Å². The van der Waals surface area contributed by atoms with Crippen molar-refractivity contribution in [3.05, 3.63) is 34.4 Å². The molecule has 1 saturated carbocycles. The van der Waals surface area contributed by atoms with Crippen LogP contribution in [0.5, 0.6) is 5.75 Å². The molecule has 14 nitrogen and oxygen atoms in total. The van der Waals surface area contributed by atoms with Gasteiger partial charge in [-0.15, -0.1) is 0 Å². The zero-order valence-corrected chi connectivity index (χ0v) is 22.7. The fourth-order valence-corrected chi connectivity index (χ4v) is 5.13. The number of nitrogens with one attached hydrogen (secondary N) is 1. The zero-order chi connectivity index (χ0) is 29.9. The van der Waals surface area contributed by atoms with Crippen molar-refractivity contribution in [1.82, 2.24) is 15.1 Å². The molecule has 1 heterocycles. The topological polar surface area (TPSA) is 199 Å². The number of ketones is 3. The third kappa shape index (κ3) is 5.57. The summed E-state index contributed by atoms with van der Waals surface area (Å²) >= 11 is 0. The first-order chi connectivity index (χ1) is 18.7. The van der Waals surface area contributed by atoms with E-state index in [1.165, 1.54) is 44.7 Å². The minimum Gasteiger partial charge on any atom is -0.410 e. The highest BCUT2D eigenvalue weighted by Gasteiger charge is 2.64. The minimum atomic E-state index is -2.52. The van der Waals surface area contributed by atoms with E-state index in [0.29, 0.717) is 6.42 Å². The highest BCUT2D eigenvalue weighted by molar-refractivity contribution is 6.35. The lowest BCUT2D eigenvalue weighted by Gasteiger charge is -2.41. The Morgan fingerprint density at radius 1 is 1.10 bits per heavy atom. The van der Waals surface area contributed by atoms with Gasteiger partial charge in [-0.05, 0) is 52.7 Å². The van der Waals surface area contributed by atoms with Crippen LogP contribution in [-0.2, 0) is 24.0 Å². The van der Waals surface area contributed by atoms with Crippen molar-refractivity contribution in [2.75, 3.05) is 6.54 Å². The Bertz CT molecular complexity index is 1210. The van der Waals surface area contributed by atoms with Gasteiger partial charge in [0.25, 0.3) is 5.69 Å². The van der Waals surface area contributed by atoms with Crippen LogP contribution < -0.4 is 15.8 Å². The van der Waals surface area contributed by atoms with E-state index in [0.717, 1.165) is 17.0 Å². The molecule has 0 spiro atoms. The van der Waals surface area contributed by atoms with E-state index < -0.39 is 69.9 Å². The summed E-state index contributed by atoms with van der Waals surface area (Å²) in [5.41, 5.74) is 2.80. The van der Waals surface area contributed by atoms with Crippen LogP contribution in [-0.4, -0.2) is 86.2 Å². The number of benzene rings is 1. The maximum atomic E-state index is 14.2. The fourth-order valence-electron chi connectivity index (χ4n) is 5.13. The predicted molar refractivity (Wildman–Crippen MR) is 139 cm³/mol. The molecule has 1 aliphatic heterocycles. The van der Waals surface area contributed by atoms with Gasteiger partial charge in [-0.3, -0.25) is 39.0 Å². The standard InChI is InChI=1S/C26H33N5O9/c1-14(2)30(25(37)40-18-9-7-17(8-10-18)31(38)39)26(20(32)11-12-21(26)33)22(34)19-6-5-13-29(19)24(36)16(4)28-23(35)15(3)27/h7-10,14-16,19H,5-6,11-13,27H2,1-4H3,(H,28,35)/t15-,16-,19-/m0/s1. The van der Waals surface area contributed by atoms with Crippen LogP contribution in [0.15, 0.2) is 24.3 Å². The average molecular weight is 560 g/mol. The van der Waals surface area contributed by atoms with Crippen molar-refractivity contribution in [3.63, 3.8) is 0 Å². The van der Waals surface area contributed by atoms with Crippen LogP contribution in [0, 0.1) is 10.1 Å². The molecule has 0 bridgehead atoms. The number of likely N-dealkylation sites (tertiary alicyclic amines) is 1. The summed E-state index contributed by atoms with van der Waals surface area (Å²) in [7, 11) is 0. The average Bonchev–Trinajstić information content (AvgIpc) is 3.49. The molecule has 3 atom stereocenters. The third-order valence-electron chi connectivity index (χ3n) is 7.05. The smallest absolute Gasteiger partial charge is 0.410 e. The number of nitro groups is 1. The Kier molecular flexibility index (Phi) is 9.03. The van der Waals surface area contributed by atoms with Crippen molar-refractivity contribution in [3.8, 4) is 5.75 Å². The Morgan fingerprint density at radius 2 is 1.68 bits per heavy atom. The van der Waals surface area contributed by atoms with Crippen LogP contribution in [0.3, 0.4) is 0 Å². The molecule has 0 unspecified atom stereocenters. The van der Waals surface area contributed by atoms with Crippen molar-refractivity contribution in [1.29, 1.82) is 0 Å². The van der Waals surface area contributed by atoms with Crippen molar-refractivity contribution in [2.24, 2.45) is 5.73 Å². The number of nitrogens with zero attached hydrogens (tertiary/aromatic N) is 3. The molecule has 0 aromatic heterocycles. The first-order valence-corrected chi connectivity index (χ1v) is 13.0. The van der Waals surface area contributed by atoms with Gasteiger partial charge in [-0.25, -0.2) is 4.79 Å². The van der Waals surface area contributed by atoms with Gasteiger partial charge in [0.1, 0.15) is 11.8 Å². The zero-order valence-electron chi connectivity index (χ0n) is 22.7. The normalized spacial score (nSPS) is 19.8. The molecule has 1 aromatic rings. The second-order valence-corrected chi connectivity index (χ2v) is 10.2. The highest BCUT2D eigenvalue weighted by Crippen LogP contribution is 2.37. The lowest BCUT2D eigenvalue weighted by atomic mass is 9.82. The second kappa shape index (κ2) is 11.9. The summed E-state index contributed by atoms with van der Waals surface area (Å²) < 4.78 is 5.37. The first kappa shape index (κ1) is 30.3. The van der Waals surface area contributed by atoms with Crippen LogP contribution in [0.1, 0.15) is 53.4 Å². The third-order valence-corrected chi connectivity index (χ3v) is 7.05. The van der Waals surface area contributed by atoms with Gasteiger partial charge in [0.2, 0.25) is 17.4 Å². The number of carbonyl (C=O) groups is 6. The van der Waals surface area contributed by atoms with Gasteiger partial charge in [0.05, 0.1) is 17.0 Å². The molecule has 3 amide bonds. The summed E-state index contributed by atoms with van der Waals surface area (Å²) in [6.07, 6.45) is -1.19. The number of carbonyl (C=O) groups excluding carboxylic acids is 6. The first-order valence-electron chi connectivity index (χ1n) is 13.0. The van der Waals surface area contributed by atoms with E-state index in [1.54, 1.807) is 0 Å². The summed E-state index contributed by atoms with van der Waals surface area (Å²) in [6, 6.07) is 0.602. The Labute approximate surface area is 230 Å². The Balaban J connectivity index is 1.97. The highest BCUT2D eigenvalue weighted by atomic mass is 16.6. The van der Waals surface area contributed by atoms with Gasteiger partial charge in [0, 0.05) is 37.6 Å². The molecule has 3 rings (SSSR count). The lowest BCUT2D eigenvalue weighted by Crippen LogP contribution is -2.70. The van der Waals surface area contributed by atoms with E-state index in [4.69, 9.17) is 10.5 Å². The molecule has 1 aliphatic carbocycles. The SMILES string of the molecule is CC(C)N(C(=O)Oc1ccc([N+](=O)[O-])cc1)C1(C(=O)[C@@H]2CCCN2C(=O)[C@H](C)NC(=O)[C@H](C)N)C(=O)CCC1=O. The number of hydrogen-bond acceptors (Lipinski definition) is 10. The maximum absolute atomic E-state index is 14.2. The van der Waals surface area contributed by atoms with Gasteiger partial charge >= 0.3 is 6.09 Å². The number of rotatable bonds is 9. The van der Waals surface area contributed by atoms with Gasteiger partial charge < -0.3 is 20.7 Å². The summed E-state index contributed by atoms with van der Waals surface area (Å²) in [6.45, 7) is 6.04. The van der Waals surface area contributed by atoms with E-state index in [2.05, 4.69) is 5.32 Å². The summed E-state index contributed by atoms with van der Waals surface area (Å²) in [5, 5.41) is 13.4. The maximum Gasteiger partial charge on any atom is 0.417 e. The molecule has 14 heteroatoms. The van der Waals surface area contributed by atoms with E-state index in [-0.39, 0.29) is 37.2 Å². The number of non-ortho nitro benzene ring substituents is 1. The minimum absolute atomic E-state index is 0.0990. The van der Waals surface area contributed by atoms with Crippen LogP contribution in [0.4, 0.5) is 10.5 Å². The van der Waals surface area contributed by atoms with Crippen molar-refractivity contribution < 1.29 is 38.4 Å². The summed E-state index contributed by atoms with van der Waals surface area (Å²) in [4.78, 5) is 92.1. The van der Waals surface area contributed by atoms with E-state index in [1.807, 2.05) is 0 Å². The molecule has 216 valence electrons. The number of ether oxygens (including phenoxy) is 1. The van der Waals surface area contributed by atoms with E-state index in [9.17, 15) is 38.9 Å². The summed E-state index contributed by atoms with van der Waals surface area (Å²) in [5.74, 6) is -3.74. The van der Waals surface area contributed by atoms with Crippen LogP contribution in [0.25, 0.3) is 0 Å². The molecular weight excluding hydrogens is 526 g/mol. The van der Waals surface area contributed by atoms with E-state index >= 15 is 0 Å².